The Morgan fingerprint density at radius 3 is 2.52 bits per heavy atom. The van der Waals surface area contributed by atoms with E-state index in [9.17, 15) is 4.79 Å². The first-order chi connectivity index (χ1) is 11.8. The van der Waals surface area contributed by atoms with Gasteiger partial charge in [-0.15, -0.1) is 0 Å². The van der Waals surface area contributed by atoms with Gasteiger partial charge in [0.2, 0.25) is 5.91 Å². The van der Waals surface area contributed by atoms with Crippen molar-refractivity contribution < 1.29 is 9.53 Å². The van der Waals surface area contributed by atoms with Crippen molar-refractivity contribution in [2.45, 2.75) is 26.3 Å². The molecule has 1 fully saturated rings. The van der Waals surface area contributed by atoms with Crippen LogP contribution in [0.25, 0.3) is 5.57 Å². The minimum atomic E-state index is -0.338. The molecule has 2 heterocycles. The zero-order chi connectivity index (χ0) is 18.2. The van der Waals surface area contributed by atoms with Crippen molar-refractivity contribution in [2.75, 3.05) is 51.8 Å². The van der Waals surface area contributed by atoms with E-state index in [4.69, 9.17) is 4.74 Å². The van der Waals surface area contributed by atoms with Crippen LogP contribution in [-0.2, 0) is 4.79 Å². The molecule has 2 aliphatic rings. The molecule has 1 aromatic carbocycles. The van der Waals surface area contributed by atoms with Gasteiger partial charge < -0.3 is 14.5 Å². The number of carbonyl (C=O) groups is 1. The Kier molecular flexibility index (Phi) is 4.89. The maximum atomic E-state index is 13.2. The largest absolute Gasteiger partial charge is 0.497 e. The molecule has 0 unspecified atom stereocenters. The highest BCUT2D eigenvalue weighted by atomic mass is 16.5. The van der Waals surface area contributed by atoms with E-state index in [1.54, 1.807) is 7.11 Å². The second-order valence-electron chi connectivity index (χ2n) is 7.67. The van der Waals surface area contributed by atoms with E-state index in [2.05, 4.69) is 43.7 Å². The van der Waals surface area contributed by atoms with Crippen LogP contribution in [0.5, 0.6) is 5.75 Å². The van der Waals surface area contributed by atoms with Gasteiger partial charge in [-0.25, -0.2) is 0 Å². The monoisotopic (exact) mass is 343 g/mol. The average Bonchev–Trinajstić information content (AvgIpc) is 2.56. The Labute approximate surface area is 150 Å². The molecule has 0 radical (unpaired) electrons. The number of benzene rings is 1. The Morgan fingerprint density at radius 1 is 1.20 bits per heavy atom. The van der Waals surface area contributed by atoms with Crippen LogP contribution in [0.2, 0.25) is 0 Å². The fourth-order valence-corrected chi connectivity index (χ4v) is 3.86. The molecule has 0 bridgehead atoms. The minimum absolute atomic E-state index is 0.157. The van der Waals surface area contributed by atoms with Gasteiger partial charge in [0.25, 0.3) is 0 Å². The Hall–Kier alpha value is -1.85. The Balaban J connectivity index is 1.88. The van der Waals surface area contributed by atoms with Gasteiger partial charge in [0.1, 0.15) is 5.75 Å². The molecule has 5 nitrogen and oxygen atoms in total. The van der Waals surface area contributed by atoms with Crippen molar-refractivity contribution in [3.8, 4) is 5.75 Å². The molecule has 1 amide bonds. The Morgan fingerprint density at radius 2 is 1.88 bits per heavy atom. The van der Waals surface area contributed by atoms with Gasteiger partial charge in [-0.1, -0.05) is 6.08 Å². The summed E-state index contributed by atoms with van der Waals surface area (Å²) in [6, 6.07) is 5.96. The smallest absolute Gasteiger partial charge is 0.241 e. The van der Waals surface area contributed by atoms with Gasteiger partial charge in [0, 0.05) is 31.7 Å². The standard InChI is InChI=1S/C20H29N3O2/c1-15-13-20(2,3)23(18-7-6-16(25-5)12-17(15)18)19(24)14-22-10-8-21(4)9-11-22/h6-7,12-13H,8-11,14H2,1-5H3. The summed E-state index contributed by atoms with van der Waals surface area (Å²) in [6.45, 7) is 10.7. The molecule has 25 heavy (non-hydrogen) atoms. The molecule has 0 N–H and O–H groups in total. The lowest BCUT2D eigenvalue weighted by Gasteiger charge is -2.43. The van der Waals surface area contributed by atoms with E-state index in [1.165, 1.54) is 5.57 Å². The van der Waals surface area contributed by atoms with Gasteiger partial charge in [-0.3, -0.25) is 9.69 Å². The van der Waals surface area contributed by atoms with Crippen LogP contribution in [0, 0.1) is 0 Å². The quantitative estimate of drug-likeness (QED) is 0.845. The fourth-order valence-electron chi connectivity index (χ4n) is 3.86. The predicted molar refractivity (Wildman–Crippen MR) is 102 cm³/mol. The molecule has 136 valence electrons. The fraction of sp³-hybridized carbons (Fsp3) is 0.550. The topological polar surface area (TPSA) is 36.0 Å². The molecule has 0 aliphatic carbocycles. The lowest BCUT2D eigenvalue weighted by Crippen LogP contribution is -2.54. The number of ether oxygens (including phenoxy) is 1. The number of methoxy groups -OCH3 is 1. The zero-order valence-corrected chi connectivity index (χ0v) is 16.0. The van der Waals surface area contributed by atoms with Gasteiger partial charge in [-0.2, -0.15) is 0 Å². The number of nitrogens with zero attached hydrogens (tertiary/aromatic N) is 3. The summed E-state index contributed by atoms with van der Waals surface area (Å²) in [5.41, 5.74) is 2.90. The number of fused-ring (bicyclic) bond motifs is 1. The minimum Gasteiger partial charge on any atom is -0.497 e. The van der Waals surface area contributed by atoms with Crippen LogP contribution >= 0.6 is 0 Å². The second kappa shape index (κ2) is 6.81. The number of hydrogen-bond acceptors (Lipinski definition) is 4. The normalized spacial score (nSPS) is 20.8. The molecule has 3 rings (SSSR count). The highest BCUT2D eigenvalue weighted by Gasteiger charge is 2.36. The van der Waals surface area contributed by atoms with Gasteiger partial charge in [0.05, 0.1) is 24.9 Å². The van der Waals surface area contributed by atoms with E-state index in [1.807, 2.05) is 23.1 Å². The number of amides is 1. The maximum Gasteiger partial charge on any atom is 0.241 e. The van der Waals surface area contributed by atoms with Crippen LogP contribution in [0.15, 0.2) is 24.3 Å². The lowest BCUT2D eigenvalue weighted by atomic mass is 9.88. The van der Waals surface area contributed by atoms with E-state index in [0.717, 1.165) is 43.2 Å². The number of hydrogen-bond donors (Lipinski definition) is 0. The molecule has 1 aromatic rings. The van der Waals surface area contributed by atoms with Crippen molar-refractivity contribution in [1.82, 2.24) is 9.80 Å². The first kappa shape index (κ1) is 18.0. The van der Waals surface area contributed by atoms with E-state index >= 15 is 0 Å². The number of likely N-dealkylation sites (N-methyl/N-ethyl adjacent to an activating group) is 1. The molecule has 0 saturated carbocycles. The van der Waals surface area contributed by atoms with Gasteiger partial charge in [-0.05, 0) is 51.6 Å². The third-order valence-electron chi connectivity index (χ3n) is 5.22. The first-order valence-corrected chi connectivity index (χ1v) is 8.93. The summed E-state index contributed by atoms with van der Waals surface area (Å²) in [4.78, 5) is 19.7. The number of piperazine rings is 1. The van der Waals surface area contributed by atoms with Crippen molar-refractivity contribution in [3.63, 3.8) is 0 Å². The number of allylic oxidation sites excluding steroid dienone is 1. The summed E-state index contributed by atoms with van der Waals surface area (Å²) >= 11 is 0. The lowest BCUT2D eigenvalue weighted by molar-refractivity contribution is -0.120. The molecule has 5 heteroatoms. The third kappa shape index (κ3) is 3.58. The number of anilines is 1. The summed E-state index contributed by atoms with van der Waals surface area (Å²) in [5, 5.41) is 0. The maximum absolute atomic E-state index is 13.2. The number of carbonyl (C=O) groups excluding carboxylic acids is 1. The number of rotatable bonds is 3. The van der Waals surface area contributed by atoms with Crippen molar-refractivity contribution in [3.05, 3.63) is 29.8 Å². The predicted octanol–water partition coefficient (Wildman–Crippen LogP) is 2.47. The van der Waals surface area contributed by atoms with Crippen LogP contribution in [0.1, 0.15) is 26.3 Å². The summed E-state index contributed by atoms with van der Waals surface area (Å²) in [5.74, 6) is 0.974. The zero-order valence-electron chi connectivity index (χ0n) is 16.0. The van der Waals surface area contributed by atoms with Crippen LogP contribution < -0.4 is 9.64 Å². The molecule has 2 aliphatic heterocycles. The molecule has 0 atom stereocenters. The molecule has 1 saturated heterocycles. The molecular formula is C20H29N3O2. The summed E-state index contributed by atoms with van der Waals surface area (Å²) < 4.78 is 5.36. The first-order valence-electron chi connectivity index (χ1n) is 8.93. The van der Waals surface area contributed by atoms with Gasteiger partial charge in [0.15, 0.2) is 0 Å². The highest BCUT2D eigenvalue weighted by Crippen LogP contribution is 2.40. The van der Waals surface area contributed by atoms with Crippen molar-refractivity contribution >= 4 is 17.2 Å². The summed E-state index contributed by atoms with van der Waals surface area (Å²) in [7, 11) is 3.80. The van der Waals surface area contributed by atoms with E-state index < -0.39 is 0 Å². The molecule has 0 aromatic heterocycles. The average molecular weight is 343 g/mol. The summed E-state index contributed by atoms with van der Waals surface area (Å²) in [6.07, 6.45) is 2.18. The van der Waals surface area contributed by atoms with Crippen LogP contribution in [0.4, 0.5) is 5.69 Å². The van der Waals surface area contributed by atoms with Crippen LogP contribution in [-0.4, -0.2) is 68.1 Å². The highest BCUT2D eigenvalue weighted by molar-refractivity contribution is 6.01. The Bertz CT molecular complexity index is 688. The molecular weight excluding hydrogens is 314 g/mol. The third-order valence-corrected chi connectivity index (χ3v) is 5.22. The van der Waals surface area contributed by atoms with Crippen LogP contribution in [0.3, 0.4) is 0 Å². The van der Waals surface area contributed by atoms with Gasteiger partial charge >= 0.3 is 0 Å². The second-order valence-corrected chi connectivity index (χ2v) is 7.67. The van der Waals surface area contributed by atoms with E-state index in [0.29, 0.717) is 6.54 Å². The SMILES string of the molecule is COc1ccc2c(c1)C(C)=CC(C)(C)N2C(=O)CN1CCN(C)CC1. The van der Waals surface area contributed by atoms with Crippen molar-refractivity contribution in [1.29, 1.82) is 0 Å². The molecule has 0 spiro atoms. The van der Waals surface area contributed by atoms with Crippen molar-refractivity contribution in [2.24, 2.45) is 0 Å². The van der Waals surface area contributed by atoms with E-state index in [-0.39, 0.29) is 11.4 Å².